The molecule has 0 radical (unpaired) electrons. The van der Waals surface area contributed by atoms with Crippen LogP contribution in [0.25, 0.3) is 0 Å². The van der Waals surface area contributed by atoms with Gasteiger partial charge in [0.1, 0.15) is 0 Å². The third-order valence-corrected chi connectivity index (χ3v) is 4.64. The molecule has 0 fully saturated rings. The average molecular weight is 303 g/mol. The summed E-state index contributed by atoms with van der Waals surface area (Å²) in [7, 11) is -3.60. The number of nitrogens with two attached hydrogens (primary N) is 1. The number of rotatable bonds is 7. The maximum Gasteiger partial charge on any atom is 0.209 e. The number of hydrogen-bond donors (Lipinski definition) is 1. The van der Waals surface area contributed by atoms with Crippen molar-refractivity contribution in [3.05, 3.63) is 29.6 Å². The van der Waals surface area contributed by atoms with Gasteiger partial charge in [0, 0.05) is 5.41 Å². The molecular formula is C14H22FNO3S. The van der Waals surface area contributed by atoms with Crippen LogP contribution < -0.4 is 9.88 Å². The van der Waals surface area contributed by atoms with E-state index in [4.69, 9.17) is 9.88 Å². The lowest BCUT2D eigenvalue weighted by Crippen LogP contribution is -2.37. The van der Waals surface area contributed by atoms with E-state index < -0.39 is 21.3 Å². The molecule has 0 amide bonds. The van der Waals surface area contributed by atoms with Gasteiger partial charge in [-0.1, -0.05) is 19.9 Å². The van der Waals surface area contributed by atoms with Crippen molar-refractivity contribution >= 4 is 10.0 Å². The molecule has 114 valence electrons. The van der Waals surface area contributed by atoms with Crippen LogP contribution in [0.15, 0.2) is 18.2 Å². The Morgan fingerprint density at radius 3 is 2.40 bits per heavy atom. The standard InChI is InChI=1S/C14H22FNO3S/c1-4-14(5-2,10-20(16,17)18)9-19-13-8-11(3)6-7-12(13)15/h6-8H,4-5,9-10H2,1-3H3,(H2,16,17,18). The maximum absolute atomic E-state index is 13.6. The number of aryl methyl sites for hydroxylation is 1. The number of ether oxygens (including phenoxy) is 1. The van der Waals surface area contributed by atoms with Gasteiger partial charge in [0.25, 0.3) is 0 Å². The number of primary sulfonamides is 1. The third-order valence-electron chi connectivity index (χ3n) is 3.63. The van der Waals surface area contributed by atoms with Crippen molar-refractivity contribution in [2.45, 2.75) is 33.6 Å². The molecule has 0 unspecified atom stereocenters. The van der Waals surface area contributed by atoms with Crippen LogP contribution in [0, 0.1) is 18.2 Å². The Balaban J connectivity index is 2.89. The van der Waals surface area contributed by atoms with Crippen LogP contribution in [0.1, 0.15) is 32.3 Å². The van der Waals surface area contributed by atoms with Crippen LogP contribution >= 0.6 is 0 Å². The molecule has 4 nitrogen and oxygen atoms in total. The molecule has 6 heteroatoms. The molecule has 0 spiro atoms. The normalized spacial score (nSPS) is 12.4. The lowest BCUT2D eigenvalue weighted by atomic mass is 9.85. The highest BCUT2D eigenvalue weighted by atomic mass is 32.2. The van der Waals surface area contributed by atoms with E-state index in [9.17, 15) is 12.8 Å². The number of sulfonamides is 1. The van der Waals surface area contributed by atoms with Gasteiger partial charge in [-0.15, -0.1) is 0 Å². The summed E-state index contributed by atoms with van der Waals surface area (Å²) in [5, 5.41) is 5.14. The van der Waals surface area contributed by atoms with E-state index in [1.165, 1.54) is 6.07 Å². The first-order valence-corrected chi connectivity index (χ1v) is 8.32. The van der Waals surface area contributed by atoms with Crippen LogP contribution in [0.2, 0.25) is 0 Å². The molecule has 20 heavy (non-hydrogen) atoms. The zero-order valence-corrected chi connectivity index (χ0v) is 13.0. The van der Waals surface area contributed by atoms with Crippen LogP contribution in [0.4, 0.5) is 4.39 Å². The molecule has 0 aliphatic carbocycles. The molecule has 0 heterocycles. The predicted molar refractivity (Wildman–Crippen MR) is 77.6 cm³/mol. The summed E-state index contributed by atoms with van der Waals surface area (Å²) >= 11 is 0. The molecular weight excluding hydrogens is 281 g/mol. The Hall–Kier alpha value is -1.14. The highest BCUT2D eigenvalue weighted by Gasteiger charge is 2.32. The molecule has 1 rings (SSSR count). The second-order valence-electron chi connectivity index (χ2n) is 5.24. The number of halogens is 1. The molecule has 0 aliphatic heterocycles. The topological polar surface area (TPSA) is 69.4 Å². The van der Waals surface area contributed by atoms with E-state index in [1.807, 2.05) is 20.8 Å². The SMILES string of the molecule is CCC(CC)(COc1cc(C)ccc1F)CS(N)(=O)=O. The van der Waals surface area contributed by atoms with E-state index in [2.05, 4.69) is 0 Å². The average Bonchev–Trinajstić information content (AvgIpc) is 2.37. The highest BCUT2D eigenvalue weighted by Crippen LogP contribution is 2.30. The van der Waals surface area contributed by atoms with Gasteiger partial charge in [-0.25, -0.2) is 17.9 Å². The van der Waals surface area contributed by atoms with Crippen LogP contribution in [0.3, 0.4) is 0 Å². The summed E-state index contributed by atoms with van der Waals surface area (Å²) in [6.07, 6.45) is 1.18. The third kappa shape index (κ3) is 4.76. The van der Waals surface area contributed by atoms with Gasteiger partial charge in [0.15, 0.2) is 11.6 Å². The summed E-state index contributed by atoms with van der Waals surface area (Å²) in [6.45, 7) is 5.72. The van der Waals surface area contributed by atoms with E-state index in [0.29, 0.717) is 12.8 Å². The Morgan fingerprint density at radius 1 is 1.30 bits per heavy atom. The lowest BCUT2D eigenvalue weighted by Gasteiger charge is -2.30. The fraction of sp³-hybridized carbons (Fsp3) is 0.571. The van der Waals surface area contributed by atoms with Crippen molar-refractivity contribution in [2.24, 2.45) is 10.6 Å². The van der Waals surface area contributed by atoms with Crippen molar-refractivity contribution in [3.8, 4) is 5.75 Å². The zero-order valence-electron chi connectivity index (χ0n) is 12.1. The molecule has 2 N–H and O–H groups in total. The molecule has 1 aromatic carbocycles. The minimum atomic E-state index is -3.60. The summed E-state index contributed by atoms with van der Waals surface area (Å²) in [6, 6.07) is 4.59. The van der Waals surface area contributed by atoms with E-state index in [0.717, 1.165) is 5.56 Å². The first-order valence-electron chi connectivity index (χ1n) is 6.61. The number of benzene rings is 1. The van der Waals surface area contributed by atoms with Crippen molar-refractivity contribution in [1.29, 1.82) is 0 Å². The first-order chi connectivity index (χ1) is 9.21. The predicted octanol–water partition coefficient (Wildman–Crippen LogP) is 2.61. The molecule has 0 bridgehead atoms. The Morgan fingerprint density at radius 2 is 1.90 bits per heavy atom. The van der Waals surface area contributed by atoms with Gasteiger partial charge >= 0.3 is 0 Å². The number of hydrogen-bond acceptors (Lipinski definition) is 3. The summed E-state index contributed by atoms with van der Waals surface area (Å²) in [5.41, 5.74) is 0.287. The fourth-order valence-electron chi connectivity index (χ4n) is 2.08. The van der Waals surface area contributed by atoms with Gasteiger partial charge in [-0.3, -0.25) is 0 Å². The zero-order chi connectivity index (χ0) is 15.4. The largest absolute Gasteiger partial charge is 0.490 e. The lowest BCUT2D eigenvalue weighted by molar-refractivity contribution is 0.150. The van der Waals surface area contributed by atoms with Crippen LogP contribution in [-0.2, 0) is 10.0 Å². The minimum absolute atomic E-state index is 0.122. The van der Waals surface area contributed by atoms with Crippen LogP contribution in [0.5, 0.6) is 5.75 Å². The molecule has 0 saturated carbocycles. The van der Waals surface area contributed by atoms with Gasteiger partial charge < -0.3 is 4.74 Å². The Bertz CT molecular complexity index is 554. The minimum Gasteiger partial charge on any atom is -0.490 e. The fourth-order valence-corrected chi connectivity index (χ4v) is 3.42. The molecule has 1 aromatic rings. The van der Waals surface area contributed by atoms with E-state index in [-0.39, 0.29) is 18.1 Å². The summed E-state index contributed by atoms with van der Waals surface area (Å²) in [5.74, 6) is -0.474. The van der Waals surface area contributed by atoms with E-state index >= 15 is 0 Å². The molecule has 0 saturated heterocycles. The van der Waals surface area contributed by atoms with Gasteiger partial charge in [-0.2, -0.15) is 0 Å². The van der Waals surface area contributed by atoms with Crippen molar-refractivity contribution < 1.29 is 17.5 Å². The second kappa shape index (κ2) is 6.54. The van der Waals surface area contributed by atoms with Gasteiger partial charge in [0.05, 0.1) is 12.4 Å². The van der Waals surface area contributed by atoms with E-state index in [1.54, 1.807) is 12.1 Å². The Labute approximate surface area is 120 Å². The van der Waals surface area contributed by atoms with Crippen LogP contribution in [-0.4, -0.2) is 20.8 Å². The first kappa shape index (κ1) is 16.9. The quantitative estimate of drug-likeness (QED) is 0.841. The molecule has 0 aromatic heterocycles. The summed E-state index contributed by atoms with van der Waals surface area (Å²) in [4.78, 5) is 0. The van der Waals surface area contributed by atoms with Crippen molar-refractivity contribution in [2.75, 3.05) is 12.4 Å². The van der Waals surface area contributed by atoms with Gasteiger partial charge in [-0.05, 0) is 37.5 Å². The summed E-state index contributed by atoms with van der Waals surface area (Å²) < 4.78 is 41.8. The molecule has 0 atom stereocenters. The second-order valence-corrected chi connectivity index (χ2v) is 6.85. The monoisotopic (exact) mass is 303 g/mol. The van der Waals surface area contributed by atoms with Crippen molar-refractivity contribution in [3.63, 3.8) is 0 Å². The maximum atomic E-state index is 13.6. The smallest absolute Gasteiger partial charge is 0.209 e. The Kier molecular flexibility index (Phi) is 5.53. The molecule has 0 aliphatic rings. The highest BCUT2D eigenvalue weighted by molar-refractivity contribution is 7.89. The van der Waals surface area contributed by atoms with Crippen molar-refractivity contribution in [1.82, 2.24) is 0 Å². The van der Waals surface area contributed by atoms with Gasteiger partial charge in [0.2, 0.25) is 10.0 Å².